The fraction of sp³-hybridized carbons (Fsp3) is 0.346. The Bertz CT molecular complexity index is 1440. The van der Waals surface area contributed by atoms with E-state index in [2.05, 4.69) is 18.6 Å². The summed E-state index contributed by atoms with van der Waals surface area (Å²) in [7, 11) is -7.35. The number of hydrogen-bond donors (Lipinski definition) is 3. The molecule has 8 nitrogen and oxygen atoms in total. The van der Waals surface area contributed by atoms with Crippen LogP contribution in [-0.4, -0.2) is 28.1 Å². The number of nitrogens with one attached hydrogen (secondary N) is 1. The number of benzene rings is 2. The Morgan fingerprint density at radius 3 is 1.87 bits per heavy atom. The maximum atomic E-state index is 13.1. The number of sulfone groups is 1. The van der Waals surface area contributed by atoms with E-state index in [1.54, 1.807) is 0 Å². The smallest absolute Gasteiger partial charge is 0.240 e. The van der Waals surface area contributed by atoms with Crippen LogP contribution in [0.25, 0.3) is 11.1 Å². The lowest BCUT2D eigenvalue weighted by molar-refractivity contribution is 0.580. The maximum absolute atomic E-state index is 13.1. The predicted molar refractivity (Wildman–Crippen MR) is 157 cm³/mol. The van der Waals surface area contributed by atoms with E-state index in [1.807, 2.05) is 31.2 Å². The van der Waals surface area contributed by atoms with Gasteiger partial charge in [-0.3, -0.25) is 4.98 Å². The van der Waals surface area contributed by atoms with Crippen LogP contribution in [0, 0.1) is 12.8 Å². The minimum absolute atomic E-state index is 0. The second kappa shape index (κ2) is 13.8. The number of aromatic nitrogens is 1. The SMILES string of the molecule is Cc1nc(CC(C)C)c(CN)c(-c2ccc(CN)cc2)c1CNS(=O)(=O)c1ccc(S(C)(=O)=O)cc1.Cl.Cl. The summed E-state index contributed by atoms with van der Waals surface area (Å²) in [6.07, 6.45) is 1.82. The molecule has 3 rings (SSSR count). The highest BCUT2D eigenvalue weighted by Gasteiger charge is 2.22. The normalized spacial score (nSPS) is 11.7. The van der Waals surface area contributed by atoms with Crippen LogP contribution in [0.4, 0.5) is 0 Å². The van der Waals surface area contributed by atoms with Gasteiger partial charge in [-0.05, 0) is 71.3 Å². The van der Waals surface area contributed by atoms with Gasteiger partial charge in [0, 0.05) is 37.3 Å². The monoisotopic (exact) mass is 602 g/mol. The van der Waals surface area contributed by atoms with E-state index < -0.39 is 19.9 Å². The summed E-state index contributed by atoms with van der Waals surface area (Å²) < 4.78 is 52.2. The molecule has 12 heteroatoms. The van der Waals surface area contributed by atoms with E-state index in [-0.39, 0.29) is 47.7 Å². The zero-order valence-electron chi connectivity index (χ0n) is 21.9. The summed E-state index contributed by atoms with van der Waals surface area (Å²) in [6, 6.07) is 13.0. The van der Waals surface area contributed by atoms with Crippen molar-refractivity contribution in [2.75, 3.05) is 6.26 Å². The van der Waals surface area contributed by atoms with Crippen molar-refractivity contribution in [1.29, 1.82) is 0 Å². The lowest BCUT2D eigenvalue weighted by Gasteiger charge is -2.21. The molecule has 0 atom stereocenters. The van der Waals surface area contributed by atoms with Crippen LogP contribution in [0.3, 0.4) is 0 Å². The lowest BCUT2D eigenvalue weighted by Crippen LogP contribution is -2.25. The molecule has 5 N–H and O–H groups in total. The van der Waals surface area contributed by atoms with E-state index in [9.17, 15) is 16.8 Å². The van der Waals surface area contributed by atoms with Crippen LogP contribution < -0.4 is 16.2 Å². The van der Waals surface area contributed by atoms with Gasteiger partial charge in [-0.1, -0.05) is 38.1 Å². The van der Waals surface area contributed by atoms with Crippen LogP contribution >= 0.6 is 24.8 Å². The van der Waals surface area contributed by atoms with Gasteiger partial charge >= 0.3 is 0 Å². The van der Waals surface area contributed by atoms with E-state index in [4.69, 9.17) is 16.5 Å². The zero-order valence-corrected chi connectivity index (χ0v) is 25.2. The summed E-state index contributed by atoms with van der Waals surface area (Å²) in [6.45, 7) is 6.78. The number of rotatable bonds is 10. The number of aryl methyl sites for hydroxylation is 1. The van der Waals surface area contributed by atoms with Crippen molar-refractivity contribution in [2.24, 2.45) is 17.4 Å². The number of pyridine rings is 1. The lowest BCUT2D eigenvalue weighted by atomic mass is 9.90. The Balaban J connectivity index is 0.00000361. The third kappa shape index (κ3) is 7.98. The van der Waals surface area contributed by atoms with Gasteiger partial charge in [-0.15, -0.1) is 24.8 Å². The summed E-state index contributed by atoms with van der Waals surface area (Å²) >= 11 is 0. The Labute approximate surface area is 238 Å². The first kappa shape index (κ1) is 34.0. The number of hydrogen-bond acceptors (Lipinski definition) is 7. The largest absolute Gasteiger partial charge is 0.326 e. The number of nitrogens with two attached hydrogens (primary N) is 2. The number of sulfonamides is 1. The molecular formula is C26H36Cl2N4O4S2. The van der Waals surface area contributed by atoms with E-state index in [0.29, 0.717) is 12.5 Å². The molecule has 38 heavy (non-hydrogen) atoms. The summed E-state index contributed by atoms with van der Waals surface area (Å²) in [5.74, 6) is 0.369. The van der Waals surface area contributed by atoms with Crippen LogP contribution in [0.5, 0.6) is 0 Å². The molecule has 0 spiro atoms. The average molecular weight is 604 g/mol. The Morgan fingerprint density at radius 1 is 0.842 bits per heavy atom. The van der Waals surface area contributed by atoms with Crippen LogP contribution in [0.2, 0.25) is 0 Å². The van der Waals surface area contributed by atoms with Crippen molar-refractivity contribution in [2.45, 2.75) is 56.6 Å². The Morgan fingerprint density at radius 2 is 1.39 bits per heavy atom. The third-order valence-corrected chi connectivity index (χ3v) is 8.52. The summed E-state index contributed by atoms with van der Waals surface area (Å²) in [5, 5.41) is 0. The number of nitrogens with zero attached hydrogens (tertiary/aromatic N) is 1. The van der Waals surface area contributed by atoms with Crippen LogP contribution in [-0.2, 0) is 45.9 Å². The zero-order chi connectivity index (χ0) is 26.7. The summed E-state index contributed by atoms with van der Waals surface area (Å²) in [5.41, 5.74) is 18.0. The minimum atomic E-state index is -3.92. The van der Waals surface area contributed by atoms with Gasteiger partial charge in [0.1, 0.15) is 0 Å². The van der Waals surface area contributed by atoms with Crippen molar-refractivity contribution in [3.05, 3.63) is 76.6 Å². The predicted octanol–water partition coefficient (Wildman–Crippen LogP) is 3.90. The highest BCUT2D eigenvalue weighted by Crippen LogP contribution is 2.33. The molecule has 0 aliphatic rings. The van der Waals surface area contributed by atoms with Gasteiger partial charge in [-0.25, -0.2) is 21.6 Å². The molecule has 210 valence electrons. The highest BCUT2D eigenvalue weighted by molar-refractivity contribution is 7.90. The van der Waals surface area contributed by atoms with E-state index in [0.717, 1.165) is 51.9 Å². The van der Waals surface area contributed by atoms with Crippen molar-refractivity contribution in [1.82, 2.24) is 9.71 Å². The standard InChI is InChI=1S/C26H34N4O4S2.2ClH/c1-17(2)13-25-23(15-28)26(20-7-5-19(14-27)6-8-20)24(18(3)30-25)16-29-36(33,34)22-11-9-21(10-12-22)35(4,31)32;;/h5-12,17,29H,13-16,27-28H2,1-4H3;2*1H. The molecule has 0 saturated carbocycles. The molecule has 0 bridgehead atoms. The highest BCUT2D eigenvalue weighted by atomic mass is 35.5. The molecule has 3 aromatic rings. The number of halogens is 2. The van der Waals surface area contributed by atoms with Crippen molar-refractivity contribution in [3.63, 3.8) is 0 Å². The molecule has 1 heterocycles. The van der Waals surface area contributed by atoms with Crippen molar-refractivity contribution in [3.8, 4) is 11.1 Å². The van der Waals surface area contributed by atoms with Crippen molar-refractivity contribution < 1.29 is 16.8 Å². The van der Waals surface area contributed by atoms with Crippen LogP contribution in [0.15, 0.2) is 58.3 Å². The second-order valence-corrected chi connectivity index (χ2v) is 13.0. The quantitative estimate of drug-likeness (QED) is 0.319. The molecule has 0 unspecified atom stereocenters. The fourth-order valence-corrected chi connectivity index (χ4v) is 5.73. The van der Waals surface area contributed by atoms with Gasteiger partial charge in [0.15, 0.2) is 9.84 Å². The molecule has 0 radical (unpaired) electrons. The van der Waals surface area contributed by atoms with E-state index >= 15 is 0 Å². The first-order valence-corrected chi connectivity index (χ1v) is 15.0. The molecule has 0 aliphatic carbocycles. The molecular weight excluding hydrogens is 567 g/mol. The Hall–Kier alpha value is -2.05. The van der Waals surface area contributed by atoms with Gasteiger partial charge in [0.05, 0.1) is 9.79 Å². The third-order valence-electron chi connectivity index (χ3n) is 5.98. The summed E-state index contributed by atoms with van der Waals surface area (Å²) in [4.78, 5) is 4.84. The topological polar surface area (TPSA) is 145 Å². The molecule has 0 fully saturated rings. The van der Waals surface area contributed by atoms with Crippen LogP contribution in [0.1, 0.15) is 41.9 Å². The Kier molecular flexibility index (Phi) is 12.4. The average Bonchev–Trinajstić information content (AvgIpc) is 2.82. The first-order chi connectivity index (χ1) is 16.9. The molecule has 1 aromatic heterocycles. The molecule has 0 aliphatic heterocycles. The van der Waals surface area contributed by atoms with Crippen molar-refractivity contribution >= 4 is 44.7 Å². The van der Waals surface area contributed by atoms with Gasteiger partial charge < -0.3 is 11.5 Å². The van der Waals surface area contributed by atoms with Gasteiger partial charge in [0.2, 0.25) is 10.0 Å². The molecule has 0 saturated heterocycles. The van der Waals surface area contributed by atoms with E-state index in [1.165, 1.54) is 24.3 Å². The van der Waals surface area contributed by atoms with Gasteiger partial charge in [0.25, 0.3) is 0 Å². The fourth-order valence-electron chi connectivity index (χ4n) is 4.11. The first-order valence-electron chi connectivity index (χ1n) is 11.7. The maximum Gasteiger partial charge on any atom is 0.240 e. The second-order valence-electron chi connectivity index (χ2n) is 9.25. The molecule has 0 amide bonds. The molecule has 2 aromatic carbocycles. The minimum Gasteiger partial charge on any atom is -0.326 e. The van der Waals surface area contributed by atoms with Gasteiger partial charge in [-0.2, -0.15) is 0 Å².